The number of nitrogens with one attached hydrogen (secondary N) is 3. The van der Waals surface area contributed by atoms with Crippen molar-refractivity contribution in [3.05, 3.63) is 46.5 Å². The number of aliphatic imine (C=N–C) groups is 2. The van der Waals surface area contributed by atoms with Crippen LogP contribution in [0.4, 0.5) is 0 Å². The zero-order valence-electron chi connectivity index (χ0n) is 18.3. The van der Waals surface area contributed by atoms with Gasteiger partial charge in [0.2, 0.25) is 5.96 Å². The highest BCUT2D eigenvalue weighted by Crippen LogP contribution is 2.35. The maximum absolute atomic E-state index is 12.7. The van der Waals surface area contributed by atoms with Gasteiger partial charge in [-0.3, -0.25) is 9.63 Å². The number of allylic oxidation sites excluding steroid dienone is 1. The van der Waals surface area contributed by atoms with Gasteiger partial charge >= 0.3 is 0 Å². The van der Waals surface area contributed by atoms with E-state index in [2.05, 4.69) is 32.3 Å². The number of benzene rings is 1. The Hall–Kier alpha value is -2.74. The first-order valence-electron chi connectivity index (χ1n) is 10.9. The predicted octanol–water partition coefficient (Wildman–Crippen LogP) is 1.73. The average Bonchev–Trinajstić information content (AvgIpc) is 3.08. The molecule has 0 radical (unpaired) electrons. The highest BCUT2D eigenvalue weighted by molar-refractivity contribution is 7.90. The van der Waals surface area contributed by atoms with E-state index in [9.17, 15) is 14.7 Å². The van der Waals surface area contributed by atoms with E-state index in [-0.39, 0.29) is 5.92 Å². The fourth-order valence-electron chi connectivity index (χ4n) is 4.23. The Kier molecular flexibility index (Phi) is 6.60. The molecule has 0 spiro atoms. The lowest BCUT2D eigenvalue weighted by atomic mass is 9.74. The fourth-order valence-corrected chi connectivity index (χ4v) is 5.56. The van der Waals surface area contributed by atoms with Crippen LogP contribution in [0.3, 0.4) is 0 Å². The topological polar surface area (TPSA) is 125 Å². The Morgan fingerprint density at radius 3 is 2.62 bits per heavy atom. The maximum atomic E-state index is 12.7. The molecule has 2 unspecified atom stereocenters. The molecule has 10 heteroatoms. The summed E-state index contributed by atoms with van der Waals surface area (Å²) in [6, 6.07) is 12.5. The number of hydrogen-bond acceptors (Lipinski definition) is 8. The van der Waals surface area contributed by atoms with Gasteiger partial charge in [-0.1, -0.05) is 44.2 Å². The molecule has 2 atom stereocenters. The van der Waals surface area contributed by atoms with Crippen LogP contribution in [0, 0.1) is 17.2 Å². The highest BCUT2D eigenvalue weighted by Gasteiger charge is 2.38. The van der Waals surface area contributed by atoms with Crippen LogP contribution >= 0.6 is 0 Å². The van der Waals surface area contributed by atoms with Crippen LogP contribution in [-0.2, 0) is 16.2 Å². The summed E-state index contributed by atoms with van der Waals surface area (Å²) >= 11 is 0. The normalized spacial score (nSPS) is 24.8. The molecular formula is C22H29N7O2S. The van der Waals surface area contributed by atoms with Gasteiger partial charge in [0.1, 0.15) is 11.1 Å². The minimum Gasteiger partial charge on any atom is -0.341 e. The van der Waals surface area contributed by atoms with Crippen LogP contribution in [0.25, 0.3) is 0 Å². The van der Waals surface area contributed by atoms with Crippen molar-refractivity contribution in [3.63, 3.8) is 0 Å². The lowest BCUT2D eigenvalue weighted by Gasteiger charge is -2.38. The molecule has 0 amide bonds. The first kappa shape index (κ1) is 22.5. The van der Waals surface area contributed by atoms with Crippen molar-refractivity contribution in [2.45, 2.75) is 44.7 Å². The summed E-state index contributed by atoms with van der Waals surface area (Å²) in [5.41, 5.74) is 9.91. The number of rotatable bonds is 4. The standard InChI is InChI=1S/C22H29N7O2S/c1-15(2)19(28-30)24-20-18-17(8-13-32(18)31)26-27-21(25-20)29-11-9-22(14-23,10-12-29)16-6-4-3-5-7-16/h3-7,15,19,26,28,30H,8-13H2,1-2H3,(H,24,25,27). The third-order valence-corrected chi connectivity index (χ3v) is 7.72. The first-order valence-corrected chi connectivity index (χ1v) is 12.2. The van der Waals surface area contributed by atoms with Crippen LogP contribution < -0.4 is 16.3 Å². The number of likely N-dealkylation sites (tertiary alicyclic amines) is 1. The van der Waals surface area contributed by atoms with E-state index in [4.69, 9.17) is 4.99 Å². The van der Waals surface area contributed by atoms with Crippen LogP contribution in [0.2, 0.25) is 0 Å². The number of nitrogens with zero attached hydrogens (tertiary/aromatic N) is 4. The number of hydrazine groups is 1. The molecule has 32 heavy (non-hydrogen) atoms. The number of nitriles is 1. The number of hydroxylamine groups is 1. The van der Waals surface area contributed by atoms with Crippen molar-refractivity contribution in [2.75, 3.05) is 18.8 Å². The summed E-state index contributed by atoms with van der Waals surface area (Å²) in [5, 5.41) is 19.5. The van der Waals surface area contributed by atoms with Crippen molar-refractivity contribution in [2.24, 2.45) is 15.9 Å². The molecule has 3 heterocycles. The summed E-state index contributed by atoms with van der Waals surface area (Å²) in [4.78, 5) is 12.0. The number of piperidine rings is 1. The Balaban J connectivity index is 1.60. The first-order chi connectivity index (χ1) is 15.5. The molecule has 4 rings (SSSR count). The van der Waals surface area contributed by atoms with Gasteiger partial charge in [-0.05, 0) is 24.3 Å². The van der Waals surface area contributed by atoms with E-state index in [0.717, 1.165) is 11.3 Å². The molecule has 0 bridgehead atoms. The number of amidine groups is 1. The van der Waals surface area contributed by atoms with Gasteiger partial charge in [0.05, 0.1) is 28.0 Å². The second-order valence-corrected chi connectivity index (χ2v) is 10.1. The van der Waals surface area contributed by atoms with Crippen molar-refractivity contribution in [1.82, 2.24) is 21.2 Å². The van der Waals surface area contributed by atoms with Crippen molar-refractivity contribution < 1.29 is 9.42 Å². The van der Waals surface area contributed by atoms with E-state index in [1.165, 1.54) is 0 Å². The molecule has 3 aliphatic rings. The predicted molar refractivity (Wildman–Crippen MR) is 124 cm³/mol. The Bertz CT molecular complexity index is 1000. The quantitative estimate of drug-likeness (QED) is 0.510. The average molecular weight is 456 g/mol. The summed E-state index contributed by atoms with van der Waals surface area (Å²) in [6.45, 7) is 5.16. The molecular weight excluding hydrogens is 426 g/mol. The third kappa shape index (κ3) is 4.28. The van der Waals surface area contributed by atoms with Gasteiger partial charge in [0.25, 0.3) is 0 Å². The zero-order valence-corrected chi connectivity index (χ0v) is 19.2. The van der Waals surface area contributed by atoms with Crippen LogP contribution in [-0.4, -0.2) is 51.1 Å². The molecule has 1 fully saturated rings. The SMILES string of the molecule is CC(C)C(/N=C1\N=C(N2CCC(C#N)(c3ccccc3)CC2)NNC2=C1S(=O)CC2)NO. The Morgan fingerprint density at radius 1 is 1.28 bits per heavy atom. The van der Waals surface area contributed by atoms with Crippen LogP contribution in [0.15, 0.2) is 50.9 Å². The molecule has 0 saturated carbocycles. The second-order valence-electron chi connectivity index (χ2n) is 8.61. The van der Waals surface area contributed by atoms with E-state index < -0.39 is 22.4 Å². The van der Waals surface area contributed by atoms with E-state index in [1.807, 2.05) is 44.2 Å². The van der Waals surface area contributed by atoms with Crippen LogP contribution in [0.1, 0.15) is 38.7 Å². The molecule has 1 aromatic rings. The summed E-state index contributed by atoms with van der Waals surface area (Å²) in [6.07, 6.45) is 1.42. The van der Waals surface area contributed by atoms with Gasteiger partial charge in [-0.15, -0.1) is 0 Å². The van der Waals surface area contributed by atoms with E-state index in [1.54, 1.807) is 0 Å². The number of hydrogen-bond donors (Lipinski definition) is 4. The van der Waals surface area contributed by atoms with Gasteiger partial charge in [0.15, 0.2) is 5.84 Å². The Labute approximate surface area is 190 Å². The van der Waals surface area contributed by atoms with Gasteiger partial charge in [-0.2, -0.15) is 15.7 Å². The van der Waals surface area contributed by atoms with E-state index in [0.29, 0.717) is 54.8 Å². The third-order valence-electron chi connectivity index (χ3n) is 6.26. The summed E-state index contributed by atoms with van der Waals surface area (Å²) in [7, 11) is -1.20. The van der Waals surface area contributed by atoms with Gasteiger partial charge in [-0.25, -0.2) is 4.99 Å². The van der Waals surface area contributed by atoms with Crippen molar-refractivity contribution in [1.29, 1.82) is 5.26 Å². The smallest absolute Gasteiger partial charge is 0.219 e. The molecule has 3 aliphatic heterocycles. The largest absolute Gasteiger partial charge is 0.341 e. The lowest BCUT2D eigenvalue weighted by molar-refractivity contribution is 0.109. The molecule has 9 nitrogen and oxygen atoms in total. The molecule has 1 aromatic carbocycles. The fraction of sp³-hybridized carbons (Fsp3) is 0.500. The molecule has 170 valence electrons. The zero-order chi connectivity index (χ0) is 22.7. The van der Waals surface area contributed by atoms with Gasteiger partial charge in [0, 0.05) is 25.3 Å². The molecule has 4 N–H and O–H groups in total. The van der Waals surface area contributed by atoms with Crippen molar-refractivity contribution in [3.8, 4) is 6.07 Å². The second kappa shape index (κ2) is 9.40. The maximum Gasteiger partial charge on any atom is 0.219 e. The molecule has 0 aromatic heterocycles. The minimum atomic E-state index is -1.20. The minimum absolute atomic E-state index is 0.0197. The van der Waals surface area contributed by atoms with Crippen LogP contribution in [0.5, 0.6) is 0 Å². The number of guanidine groups is 1. The Morgan fingerprint density at radius 2 is 2.00 bits per heavy atom. The summed E-state index contributed by atoms with van der Waals surface area (Å²) < 4.78 is 12.7. The molecule has 0 aliphatic carbocycles. The van der Waals surface area contributed by atoms with E-state index >= 15 is 0 Å². The lowest BCUT2D eigenvalue weighted by Crippen LogP contribution is -2.52. The van der Waals surface area contributed by atoms with Gasteiger partial charge < -0.3 is 15.5 Å². The van der Waals surface area contributed by atoms with Crippen molar-refractivity contribution >= 4 is 22.6 Å². The highest BCUT2D eigenvalue weighted by atomic mass is 32.2. The molecule has 1 saturated heterocycles. The summed E-state index contributed by atoms with van der Waals surface area (Å²) in [5.74, 6) is 1.48. The monoisotopic (exact) mass is 455 g/mol.